The molecule has 0 fully saturated rings. The molecule has 0 aliphatic carbocycles. The molecule has 0 aromatic heterocycles. The number of ether oxygens (including phenoxy) is 2. The van der Waals surface area contributed by atoms with Crippen molar-refractivity contribution in [3.8, 4) is 11.5 Å². The molecule has 0 saturated carbocycles. The monoisotopic (exact) mass is 603 g/mol. The topological polar surface area (TPSA) is 41.9 Å². The second-order valence-corrected chi connectivity index (χ2v) is 8.69. The highest BCUT2D eigenvalue weighted by atomic mass is 19.4. The molecule has 0 saturated heterocycles. The molecule has 1 N–H and O–H groups in total. The van der Waals surface area contributed by atoms with Gasteiger partial charge in [-0.1, -0.05) is 30.3 Å². The van der Waals surface area contributed by atoms with E-state index in [1.807, 2.05) is 0 Å². The molecule has 0 aliphatic heterocycles. The molecule has 224 valence electrons. The van der Waals surface area contributed by atoms with Crippen LogP contribution in [0.5, 0.6) is 11.5 Å². The number of halogens is 11. The Hall–Kier alpha value is -3.75. The van der Waals surface area contributed by atoms with Gasteiger partial charge in [0.05, 0.1) is 12.1 Å². The number of aliphatic hydroxyl groups excluding tert-OH is 1. The SMILES string of the molecule is O[C@H](CN(Cc1cccc(OC(F)(F)C(F)(F)F)c1)c1cccc(OCc2cccc(C(F)(F)F)c2)c1)C(F)(F)F. The van der Waals surface area contributed by atoms with Gasteiger partial charge in [-0.15, -0.1) is 0 Å². The van der Waals surface area contributed by atoms with Crippen molar-refractivity contribution >= 4 is 5.69 Å². The second-order valence-electron chi connectivity index (χ2n) is 8.69. The van der Waals surface area contributed by atoms with Crippen LogP contribution in [0.25, 0.3) is 0 Å². The number of hydrogen-bond acceptors (Lipinski definition) is 4. The summed E-state index contributed by atoms with van der Waals surface area (Å²) in [6.07, 6.45) is -24.1. The molecule has 0 amide bonds. The fourth-order valence-corrected chi connectivity index (χ4v) is 3.48. The molecule has 1 atom stereocenters. The van der Waals surface area contributed by atoms with Gasteiger partial charge in [0.25, 0.3) is 0 Å². The summed E-state index contributed by atoms with van der Waals surface area (Å²) in [5.41, 5.74) is -0.826. The zero-order chi connectivity index (χ0) is 30.6. The van der Waals surface area contributed by atoms with Crippen molar-refractivity contribution in [1.82, 2.24) is 0 Å². The zero-order valence-corrected chi connectivity index (χ0v) is 20.5. The number of anilines is 1. The maximum atomic E-state index is 13.3. The minimum Gasteiger partial charge on any atom is -0.489 e. The minimum absolute atomic E-state index is 0.00165. The first-order chi connectivity index (χ1) is 18.8. The van der Waals surface area contributed by atoms with E-state index in [-0.39, 0.29) is 29.2 Å². The van der Waals surface area contributed by atoms with Crippen molar-refractivity contribution in [1.29, 1.82) is 0 Å². The van der Waals surface area contributed by atoms with Crippen LogP contribution in [0, 0.1) is 0 Å². The molecule has 0 spiro atoms. The average Bonchev–Trinajstić information content (AvgIpc) is 2.85. The summed E-state index contributed by atoms with van der Waals surface area (Å²) in [5, 5.41) is 9.67. The third-order valence-corrected chi connectivity index (χ3v) is 5.46. The number of nitrogens with zero attached hydrogens (tertiary/aromatic N) is 1. The van der Waals surface area contributed by atoms with Crippen LogP contribution in [0.4, 0.5) is 54.0 Å². The van der Waals surface area contributed by atoms with Crippen LogP contribution >= 0.6 is 0 Å². The molecule has 3 aromatic carbocycles. The Labute approximate surface area is 225 Å². The molecule has 0 unspecified atom stereocenters. The first kappa shape index (κ1) is 31.8. The predicted molar refractivity (Wildman–Crippen MR) is 123 cm³/mol. The van der Waals surface area contributed by atoms with Gasteiger partial charge in [0, 0.05) is 18.3 Å². The van der Waals surface area contributed by atoms with Gasteiger partial charge in [-0.05, 0) is 47.5 Å². The van der Waals surface area contributed by atoms with Crippen LogP contribution in [-0.4, -0.2) is 36.2 Å². The third kappa shape index (κ3) is 8.87. The summed E-state index contributed by atoms with van der Waals surface area (Å²) >= 11 is 0. The molecule has 0 aliphatic rings. The summed E-state index contributed by atoms with van der Waals surface area (Å²) in [4.78, 5) is 0.955. The zero-order valence-electron chi connectivity index (χ0n) is 20.5. The van der Waals surface area contributed by atoms with E-state index < -0.39 is 55.1 Å². The summed E-state index contributed by atoms with van der Waals surface area (Å²) in [7, 11) is 0. The summed E-state index contributed by atoms with van der Waals surface area (Å²) in [6.45, 7) is -1.94. The number of benzene rings is 3. The minimum atomic E-state index is -6.03. The summed E-state index contributed by atoms with van der Waals surface area (Å²) < 4.78 is 152. The van der Waals surface area contributed by atoms with Crippen LogP contribution < -0.4 is 14.4 Å². The van der Waals surface area contributed by atoms with Gasteiger partial charge < -0.3 is 19.5 Å². The highest BCUT2D eigenvalue weighted by Gasteiger charge is 2.61. The first-order valence-corrected chi connectivity index (χ1v) is 11.5. The first-order valence-electron chi connectivity index (χ1n) is 11.5. The lowest BCUT2D eigenvalue weighted by molar-refractivity contribution is -0.360. The fraction of sp³-hybridized carbons (Fsp3) is 0.308. The molecule has 15 heteroatoms. The van der Waals surface area contributed by atoms with Crippen molar-refractivity contribution < 1.29 is 62.9 Å². The van der Waals surface area contributed by atoms with Crippen LogP contribution in [0.1, 0.15) is 16.7 Å². The highest BCUT2D eigenvalue weighted by molar-refractivity contribution is 5.52. The summed E-state index contributed by atoms with van der Waals surface area (Å²) in [6, 6.07) is 13.3. The normalized spacial score (nSPS) is 13.6. The number of rotatable bonds is 10. The van der Waals surface area contributed by atoms with Crippen molar-refractivity contribution in [3.05, 3.63) is 89.5 Å². The molecule has 0 heterocycles. The molecule has 4 nitrogen and oxygen atoms in total. The van der Waals surface area contributed by atoms with Crippen molar-refractivity contribution in [3.63, 3.8) is 0 Å². The van der Waals surface area contributed by atoms with E-state index in [9.17, 15) is 53.4 Å². The summed E-state index contributed by atoms with van der Waals surface area (Å²) in [5.74, 6) is -0.896. The molecule has 0 bridgehead atoms. The van der Waals surface area contributed by atoms with E-state index in [2.05, 4.69) is 4.74 Å². The van der Waals surface area contributed by atoms with Gasteiger partial charge in [-0.2, -0.15) is 48.3 Å². The van der Waals surface area contributed by atoms with E-state index in [1.54, 1.807) is 0 Å². The van der Waals surface area contributed by atoms with E-state index >= 15 is 0 Å². The van der Waals surface area contributed by atoms with Gasteiger partial charge in [0.1, 0.15) is 18.1 Å². The Morgan fingerprint density at radius 1 is 0.707 bits per heavy atom. The largest absolute Gasteiger partial charge is 0.499 e. The molecular formula is C26H20F11NO3. The van der Waals surface area contributed by atoms with E-state index in [0.29, 0.717) is 0 Å². The average molecular weight is 603 g/mol. The highest BCUT2D eigenvalue weighted by Crippen LogP contribution is 2.38. The number of aliphatic hydroxyl groups is 1. The van der Waals surface area contributed by atoms with Gasteiger partial charge in [-0.3, -0.25) is 0 Å². The Morgan fingerprint density at radius 2 is 1.32 bits per heavy atom. The van der Waals surface area contributed by atoms with Crippen molar-refractivity contribution in [2.24, 2.45) is 0 Å². The molecule has 0 radical (unpaired) electrons. The lowest BCUT2D eigenvalue weighted by Gasteiger charge is -2.29. The Bertz CT molecular complexity index is 1310. The molecule has 3 rings (SSSR count). The fourth-order valence-electron chi connectivity index (χ4n) is 3.48. The van der Waals surface area contributed by atoms with Crippen LogP contribution in [0.2, 0.25) is 0 Å². The van der Waals surface area contributed by atoms with E-state index in [0.717, 1.165) is 35.2 Å². The lowest BCUT2D eigenvalue weighted by atomic mass is 10.1. The van der Waals surface area contributed by atoms with Gasteiger partial charge >= 0.3 is 24.6 Å². The maximum Gasteiger partial charge on any atom is 0.499 e. The van der Waals surface area contributed by atoms with E-state index in [4.69, 9.17) is 4.74 Å². The Morgan fingerprint density at radius 3 is 1.95 bits per heavy atom. The maximum absolute atomic E-state index is 13.3. The standard InChI is InChI=1S/C26H20F11NO3/c27-23(28,29)18-6-1-5-17(10-18)15-40-20-8-3-7-19(12-20)38(14-22(39)24(30,31)32)13-16-4-2-9-21(11-16)41-26(36,37)25(33,34)35/h1-12,22,39H,13-15H2/t22-/m1/s1. The lowest BCUT2D eigenvalue weighted by Crippen LogP contribution is -2.42. The van der Waals surface area contributed by atoms with Crippen LogP contribution in [-0.2, 0) is 19.3 Å². The number of alkyl halides is 11. The van der Waals surface area contributed by atoms with Crippen LogP contribution in [0.15, 0.2) is 72.8 Å². The van der Waals surface area contributed by atoms with Crippen molar-refractivity contribution in [2.75, 3.05) is 11.4 Å². The van der Waals surface area contributed by atoms with Gasteiger partial charge in [0.2, 0.25) is 0 Å². The molecule has 41 heavy (non-hydrogen) atoms. The Balaban J connectivity index is 1.84. The third-order valence-electron chi connectivity index (χ3n) is 5.46. The van der Waals surface area contributed by atoms with Crippen LogP contribution in [0.3, 0.4) is 0 Å². The quantitative estimate of drug-likeness (QED) is 0.241. The van der Waals surface area contributed by atoms with Crippen molar-refractivity contribution in [2.45, 2.75) is 43.9 Å². The second kappa shape index (κ2) is 12.0. The smallest absolute Gasteiger partial charge is 0.489 e. The Kier molecular flexibility index (Phi) is 9.30. The number of hydrogen-bond donors (Lipinski definition) is 1. The van der Waals surface area contributed by atoms with E-state index in [1.165, 1.54) is 42.5 Å². The molecule has 3 aromatic rings. The van der Waals surface area contributed by atoms with Gasteiger partial charge in [0.15, 0.2) is 6.10 Å². The molecular weight excluding hydrogens is 583 g/mol. The predicted octanol–water partition coefficient (Wildman–Crippen LogP) is 7.75. The van der Waals surface area contributed by atoms with Gasteiger partial charge in [-0.25, -0.2) is 0 Å².